The van der Waals surface area contributed by atoms with Crippen LogP contribution in [0.25, 0.3) is 6.08 Å². The molecule has 1 N–H and O–H groups in total. The highest BCUT2D eigenvalue weighted by atomic mass is 32.1. The molecule has 0 bridgehead atoms. The first kappa shape index (κ1) is 14.2. The lowest BCUT2D eigenvalue weighted by atomic mass is 9.80. The molecule has 4 heteroatoms. The lowest BCUT2D eigenvalue weighted by molar-refractivity contribution is -0.129. The Morgan fingerprint density at radius 2 is 2.37 bits per heavy atom. The number of thiazole rings is 1. The highest BCUT2D eigenvalue weighted by Gasteiger charge is 2.34. The summed E-state index contributed by atoms with van der Waals surface area (Å²) in [5, 5.41) is 3.40. The largest absolute Gasteiger partial charge is 0.309 e. The number of carbonyl (C=O) groups is 1. The molecule has 0 amide bonds. The molecule has 1 atom stereocenters. The first-order valence-electron chi connectivity index (χ1n) is 6.44. The van der Waals surface area contributed by atoms with Gasteiger partial charge in [-0.15, -0.1) is 11.3 Å². The summed E-state index contributed by atoms with van der Waals surface area (Å²) in [5.41, 5.74) is 3.57. The summed E-state index contributed by atoms with van der Waals surface area (Å²) < 4.78 is 0. The van der Waals surface area contributed by atoms with Gasteiger partial charge in [0.2, 0.25) is 0 Å². The van der Waals surface area contributed by atoms with Gasteiger partial charge in [0.15, 0.2) is 0 Å². The number of Topliss-reactive ketones (excluding diaryl/α,β-unsaturated/α-hetero) is 1. The number of hydrogen-bond donors (Lipinski definition) is 1. The Bertz CT molecular complexity index is 528. The maximum atomic E-state index is 12.0. The number of nitrogens with one attached hydrogen (secondary N) is 1. The van der Waals surface area contributed by atoms with E-state index in [4.69, 9.17) is 0 Å². The van der Waals surface area contributed by atoms with Crippen LogP contribution >= 0.6 is 11.3 Å². The highest BCUT2D eigenvalue weighted by Crippen LogP contribution is 2.26. The SMILES string of the molecule is C=C(/C=C\c1scnc1C)[C@@H]1CC(=O)C(C)(C)CN1. The van der Waals surface area contributed by atoms with E-state index in [9.17, 15) is 4.79 Å². The van der Waals surface area contributed by atoms with Gasteiger partial charge in [-0.05, 0) is 18.6 Å². The second kappa shape index (κ2) is 5.39. The van der Waals surface area contributed by atoms with Gasteiger partial charge < -0.3 is 5.32 Å². The summed E-state index contributed by atoms with van der Waals surface area (Å²) in [6.45, 7) is 10.7. The van der Waals surface area contributed by atoms with Crippen molar-refractivity contribution in [3.63, 3.8) is 0 Å². The van der Waals surface area contributed by atoms with Gasteiger partial charge in [-0.25, -0.2) is 4.98 Å². The van der Waals surface area contributed by atoms with Gasteiger partial charge in [-0.1, -0.05) is 26.5 Å². The van der Waals surface area contributed by atoms with Crippen LogP contribution in [0.3, 0.4) is 0 Å². The molecule has 1 saturated heterocycles. The van der Waals surface area contributed by atoms with Crippen molar-refractivity contribution in [1.82, 2.24) is 10.3 Å². The molecule has 0 saturated carbocycles. The molecule has 1 aliphatic heterocycles. The maximum absolute atomic E-state index is 12.0. The number of hydrogen-bond acceptors (Lipinski definition) is 4. The Labute approximate surface area is 118 Å². The zero-order chi connectivity index (χ0) is 14.0. The van der Waals surface area contributed by atoms with Crippen molar-refractivity contribution in [2.24, 2.45) is 5.41 Å². The van der Waals surface area contributed by atoms with Gasteiger partial charge in [-0.3, -0.25) is 4.79 Å². The fourth-order valence-electron chi connectivity index (χ4n) is 2.04. The van der Waals surface area contributed by atoms with E-state index < -0.39 is 0 Å². The van der Waals surface area contributed by atoms with Crippen molar-refractivity contribution < 1.29 is 4.79 Å². The van der Waals surface area contributed by atoms with E-state index in [1.165, 1.54) is 0 Å². The number of rotatable bonds is 3. The van der Waals surface area contributed by atoms with Gasteiger partial charge in [0.1, 0.15) is 5.78 Å². The van der Waals surface area contributed by atoms with Crippen molar-refractivity contribution in [1.29, 1.82) is 0 Å². The molecule has 1 fully saturated rings. The molecule has 0 unspecified atom stereocenters. The summed E-state index contributed by atoms with van der Waals surface area (Å²) >= 11 is 1.61. The standard InChI is InChI=1S/C15H20N2OS/c1-10(5-6-13-11(2)17-9-19-13)12-7-14(18)15(3,4)8-16-12/h5-6,9,12,16H,1,7-8H2,2-4H3/b6-5-/t12-/m0/s1. The third-order valence-corrected chi connectivity index (χ3v) is 4.51. The van der Waals surface area contributed by atoms with Crippen LogP contribution < -0.4 is 5.32 Å². The van der Waals surface area contributed by atoms with Crippen molar-refractivity contribution in [3.05, 3.63) is 34.3 Å². The molecular weight excluding hydrogens is 256 g/mol. The number of nitrogens with zero attached hydrogens (tertiary/aromatic N) is 1. The van der Waals surface area contributed by atoms with E-state index in [1.807, 2.05) is 38.4 Å². The van der Waals surface area contributed by atoms with E-state index >= 15 is 0 Å². The summed E-state index contributed by atoms with van der Waals surface area (Å²) in [6.07, 6.45) is 4.54. The summed E-state index contributed by atoms with van der Waals surface area (Å²) in [5.74, 6) is 0.305. The number of aromatic nitrogens is 1. The molecule has 0 aromatic carbocycles. The maximum Gasteiger partial charge on any atom is 0.141 e. The highest BCUT2D eigenvalue weighted by molar-refractivity contribution is 7.10. The average Bonchev–Trinajstić information content (AvgIpc) is 2.75. The van der Waals surface area contributed by atoms with Crippen LogP contribution in [-0.4, -0.2) is 23.4 Å². The Balaban J connectivity index is 2.00. The summed E-state index contributed by atoms with van der Waals surface area (Å²) in [4.78, 5) is 17.4. The molecule has 0 radical (unpaired) electrons. The first-order chi connectivity index (χ1) is 8.90. The molecular formula is C15H20N2OS. The fraction of sp³-hybridized carbons (Fsp3) is 0.467. The summed E-state index contributed by atoms with van der Waals surface area (Å²) in [6, 6.07) is 0.0602. The third kappa shape index (κ3) is 3.19. The van der Waals surface area contributed by atoms with Crippen molar-refractivity contribution in [2.45, 2.75) is 33.2 Å². The third-order valence-electron chi connectivity index (χ3n) is 3.61. The van der Waals surface area contributed by atoms with Gasteiger partial charge in [0.25, 0.3) is 0 Å². The molecule has 1 aliphatic rings. The molecule has 19 heavy (non-hydrogen) atoms. The van der Waals surface area contributed by atoms with Gasteiger partial charge in [0.05, 0.1) is 11.2 Å². The number of piperidine rings is 1. The van der Waals surface area contributed by atoms with Gasteiger partial charge >= 0.3 is 0 Å². The molecule has 0 aliphatic carbocycles. The van der Waals surface area contributed by atoms with Crippen LogP contribution in [0.5, 0.6) is 0 Å². The van der Waals surface area contributed by atoms with Crippen molar-refractivity contribution in [3.8, 4) is 0 Å². The lowest BCUT2D eigenvalue weighted by Gasteiger charge is -2.34. The van der Waals surface area contributed by atoms with E-state index in [-0.39, 0.29) is 11.5 Å². The molecule has 1 aromatic rings. The number of aryl methyl sites for hydroxylation is 1. The predicted molar refractivity (Wildman–Crippen MR) is 80.2 cm³/mol. The minimum Gasteiger partial charge on any atom is -0.309 e. The molecule has 2 heterocycles. The van der Waals surface area contributed by atoms with E-state index in [0.717, 1.165) is 16.1 Å². The lowest BCUT2D eigenvalue weighted by Crippen LogP contribution is -2.49. The molecule has 1 aromatic heterocycles. The Morgan fingerprint density at radius 1 is 1.63 bits per heavy atom. The minimum absolute atomic E-state index is 0.0602. The van der Waals surface area contributed by atoms with Gasteiger partial charge in [0, 0.05) is 29.3 Å². The van der Waals surface area contributed by atoms with Crippen LogP contribution in [0.1, 0.15) is 30.8 Å². The first-order valence-corrected chi connectivity index (χ1v) is 7.32. The molecule has 0 spiro atoms. The Kier molecular flexibility index (Phi) is 4.02. The van der Waals surface area contributed by atoms with Crippen LogP contribution in [-0.2, 0) is 4.79 Å². The van der Waals surface area contributed by atoms with Crippen molar-refractivity contribution >= 4 is 23.2 Å². The minimum atomic E-state index is -0.255. The second-order valence-corrected chi connectivity index (χ2v) is 6.54. The topological polar surface area (TPSA) is 42.0 Å². The zero-order valence-electron chi connectivity index (χ0n) is 11.7. The monoisotopic (exact) mass is 276 g/mol. The number of carbonyl (C=O) groups excluding carboxylic acids is 1. The van der Waals surface area contributed by atoms with Gasteiger partial charge in [-0.2, -0.15) is 0 Å². The van der Waals surface area contributed by atoms with Crippen molar-refractivity contribution in [2.75, 3.05) is 6.54 Å². The molecule has 2 rings (SSSR count). The predicted octanol–water partition coefficient (Wildman–Crippen LogP) is 2.98. The summed E-state index contributed by atoms with van der Waals surface area (Å²) in [7, 11) is 0. The average molecular weight is 276 g/mol. The Morgan fingerprint density at radius 3 is 2.95 bits per heavy atom. The smallest absolute Gasteiger partial charge is 0.141 e. The van der Waals surface area contributed by atoms with Crippen LogP contribution in [0.2, 0.25) is 0 Å². The molecule has 102 valence electrons. The van der Waals surface area contributed by atoms with E-state index in [2.05, 4.69) is 16.9 Å². The Hall–Kier alpha value is -1.26. The molecule has 3 nitrogen and oxygen atoms in total. The zero-order valence-corrected chi connectivity index (χ0v) is 12.5. The van der Waals surface area contributed by atoms with Crippen LogP contribution in [0.15, 0.2) is 23.7 Å². The van der Waals surface area contributed by atoms with E-state index in [1.54, 1.807) is 11.3 Å². The second-order valence-electron chi connectivity index (χ2n) is 5.65. The normalized spacial score (nSPS) is 22.9. The quantitative estimate of drug-likeness (QED) is 0.863. The van der Waals surface area contributed by atoms with E-state index in [0.29, 0.717) is 18.7 Å². The van der Waals surface area contributed by atoms with Crippen LogP contribution in [0.4, 0.5) is 0 Å². The number of ketones is 1. The fourth-order valence-corrected chi connectivity index (χ4v) is 2.74. The van der Waals surface area contributed by atoms with Crippen LogP contribution in [0, 0.1) is 12.3 Å².